The first-order valence-electron chi connectivity index (χ1n) is 12.1. The number of carbonyl (C=O) groups excluding carboxylic acids is 2. The van der Waals surface area contributed by atoms with Gasteiger partial charge in [-0.15, -0.1) is 0 Å². The molecule has 0 saturated carbocycles. The fraction of sp³-hybridized carbons (Fsp3) is 0.423. The highest BCUT2D eigenvalue weighted by atomic mass is 16.5. The highest BCUT2D eigenvalue weighted by Crippen LogP contribution is 2.29. The zero-order valence-electron chi connectivity index (χ0n) is 19.4. The van der Waals surface area contributed by atoms with Gasteiger partial charge in [0.25, 0.3) is 5.91 Å². The van der Waals surface area contributed by atoms with Crippen molar-refractivity contribution in [2.75, 3.05) is 45.9 Å². The van der Waals surface area contributed by atoms with Crippen LogP contribution in [0.25, 0.3) is 5.52 Å². The second kappa shape index (κ2) is 10.3. The van der Waals surface area contributed by atoms with Gasteiger partial charge < -0.3 is 19.9 Å². The molecule has 0 unspecified atom stereocenters. The molecule has 0 aliphatic carbocycles. The van der Waals surface area contributed by atoms with Crippen molar-refractivity contribution < 1.29 is 14.3 Å². The Labute approximate surface area is 199 Å². The first kappa shape index (κ1) is 22.4. The number of rotatable bonds is 5. The summed E-state index contributed by atoms with van der Waals surface area (Å²) in [5, 5.41) is 7.43. The number of morpholine rings is 1. The van der Waals surface area contributed by atoms with E-state index in [0.717, 1.165) is 37.9 Å². The molecule has 8 nitrogen and oxygen atoms in total. The molecule has 4 heterocycles. The van der Waals surface area contributed by atoms with E-state index in [2.05, 4.69) is 34.7 Å². The number of benzene rings is 1. The summed E-state index contributed by atoms with van der Waals surface area (Å²) in [6, 6.07) is 14.4. The maximum Gasteiger partial charge on any atom is 0.317 e. The lowest BCUT2D eigenvalue weighted by Crippen LogP contribution is -2.44. The van der Waals surface area contributed by atoms with Gasteiger partial charge in [-0.05, 0) is 48.4 Å². The van der Waals surface area contributed by atoms with Gasteiger partial charge in [-0.25, -0.2) is 9.31 Å². The van der Waals surface area contributed by atoms with Crippen LogP contribution >= 0.6 is 0 Å². The maximum atomic E-state index is 13.0. The predicted octanol–water partition coefficient (Wildman–Crippen LogP) is 2.94. The van der Waals surface area contributed by atoms with Crippen LogP contribution in [-0.4, -0.2) is 77.3 Å². The first-order chi connectivity index (χ1) is 16.7. The summed E-state index contributed by atoms with van der Waals surface area (Å²) in [5.74, 6) is 0.372. The van der Waals surface area contributed by atoms with Crippen LogP contribution in [0.5, 0.6) is 0 Å². The zero-order valence-corrected chi connectivity index (χ0v) is 19.4. The van der Waals surface area contributed by atoms with Gasteiger partial charge in [-0.1, -0.05) is 30.3 Å². The number of amides is 3. The van der Waals surface area contributed by atoms with E-state index in [9.17, 15) is 9.59 Å². The number of ether oxygens (including phenoxy) is 1. The van der Waals surface area contributed by atoms with E-state index in [-0.39, 0.29) is 11.9 Å². The second-order valence-corrected chi connectivity index (χ2v) is 8.98. The van der Waals surface area contributed by atoms with Crippen molar-refractivity contribution >= 4 is 17.5 Å². The number of carbonyl (C=O) groups is 2. The Morgan fingerprint density at radius 3 is 2.53 bits per heavy atom. The third-order valence-corrected chi connectivity index (χ3v) is 6.86. The van der Waals surface area contributed by atoms with Crippen LogP contribution in [0, 0.1) is 0 Å². The lowest BCUT2D eigenvalue weighted by atomic mass is 9.89. The normalized spacial score (nSPS) is 17.2. The number of fused-ring (bicyclic) bond motifs is 1. The number of likely N-dealkylation sites (tertiary alicyclic amines) is 1. The van der Waals surface area contributed by atoms with Crippen molar-refractivity contribution in [3.8, 4) is 0 Å². The minimum Gasteiger partial charge on any atom is -0.378 e. The summed E-state index contributed by atoms with van der Waals surface area (Å²) < 4.78 is 7.14. The summed E-state index contributed by atoms with van der Waals surface area (Å²) in [7, 11) is 0. The van der Waals surface area contributed by atoms with E-state index < -0.39 is 0 Å². The topological polar surface area (TPSA) is 79.2 Å². The Bertz CT molecular complexity index is 1130. The largest absolute Gasteiger partial charge is 0.378 e. The summed E-state index contributed by atoms with van der Waals surface area (Å²) >= 11 is 0. The van der Waals surface area contributed by atoms with Gasteiger partial charge in [0.05, 0.1) is 30.5 Å². The van der Waals surface area contributed by atoms with Crippen LogP contribution in [0.3, 0.4) is 0 Å². The van der Waals surface area contributed by atoms with E-state index in [1.165, 1.54) is 11.1 Å². The van der Waals surface area contributed by atoms with Gasteiger partial charge in [0.2, 0.25) is 0 Å². The summed E-state index contributed by atoms with van der Waals surface area (Å²) in [4.78, 5) is 29.4. The number of hydrogen-bond acceptors (Lipinski definition) is 4. The van der Waals surface area contributed by atoms with Crippen molar-refractivity contribution in [2.24, 2.45) is 0 Å². The van der Waals surface area contributed by atoms with Crippen molar-refractivity contribution in [1.29, 1.82) is 0 Å². The average Bonchev–Trinajstić information content (AvgIpc) is 3.33. The van der Waals surface area contributed by atoms with E-state index in [4.69, 9.17) is 4.74 Å². The Morgan fingerprint density at radius 1 is 1.00 bits per heavy atom. The van der Waals surface area contributed by atoms with Gasteiger partial charge in [0.1, 0.15) is 0 Å². The molecule has 3 aromatic rings. The van der Waals surface area contributed by atoms with E-state index in [1.54, 1.807) is 10.7 Å². The highest BCUT2D eigenvalue weighted by Gasteiger charge is 2.26. The molecule has 2 aromatic heterocycles. The zero-order chi connectivity index (χ0) is 23.3. The molecule has 5 rings (SSSR count). The molecule has 0 radical (unpaired) electrons. The van der Waals surface area contributed by atoms with Gasteiger partial charge >= 0.3 is 6.03 Å². The molecule has 2 fully saturated rings. The number of pyridine rings is 1. The molecular formula is C26H31N5O3. The third-order valence-electron chi connectivity index (χ3n) is 6.86. The molecule has 2 aliphatic heterocycles. The van der Waals surface area contributed by atoms with Gasteiger partial charge in [0, 0.05) is 38.9 Å². The van der Waals surface area contributed by atoms with Crippen LogP contribution in [0.1, 0.15) is 40.2 Å². The summed E-state index contributed by atoms with van der Waals surface area (Å²) in [6.07, 6.45) is 6.24. The molecule has 0 spiro atoms. The lowest BCUT2D eigenvalue weighted by Gasteiger charge is -2.32. The quantitative estimate of drug-likeness (QED) is 0.634. The Morgan fingerprint density at radius 2 is 1.76 bits per heavy atom. The molecular weight excluding hydrogens is 430 g/mol. The van der Waals surface area contributed by atoms with Crippen LogP contribution in [0.15, 0.2) is 54.9 Å². The van der Waals surface area contributed by atoms with Gasteiger partial charge in [-0.2, -0.15) is 5.10 Å². The van der Waals surface area contributed by atoms with Gasteiger partial charge in [-0.3, -0.25) is 4.79 Å². The van der Waals surface area contributed by atoms with Crippen molar-refractivity contribution in [1.82, 2.24) is 24.7 Å². The Hall–Kier alpha value is -3.39. The molecule has 3 amide bonds. The van der Waals surface area contributed by atoms with Crippen molar-refractivity contribution in [3.05, 3.63) is 71.5 Å². The monoisotopic (exact) mass is 461 g/mol. The molecule has 178 valence electrons. The van der Waals surface area contributed by atoms with E-state index in [1.807, 2.05) is 34.2 Å². The average molecular weight is 462 g/mol. The van der Waals surface area contributed by atoms with Crippen molar-refractivity contribution in [2.45, 2.75) is 25.2 Å². The lowest BCUT2D eigenvalue weighted by molar-refractivity contribution is 0.0304. The number of piperidine rings is 1. The third kappa shape index (κ3) is 4.92. The maximum absolute atomic E-state index is 13.0. The molecule has 2 saturated heterocycles. The fourth-order valence-electron chi connectivity index (χ4n) is 4.84. The smallest absolute Gasteiger partial charge is 0.317 e. The molecule has 2 aliphatic rings. The van der Waals surface area contributed by atoms with Crippen LogP contribution in [0.2, 0.25) is 0 Å². The molecule has 34 heavy (non-hydrogen) atoms. The SMILES string of the molecule is O=C(NCCc1ccccc1)N1CCC(c2ccn3ncc(C(=O)N4CCOCC4)c3c2)CC1. The first-order valence-corrected chi connectivity index (χ1v) is 12.1. The highest BCUT2D eigenvalue weighted by molar-refractivity contribution is 6.00. The number of urea groups is 1. The Kier molecular flexibility index (Phi) is 6.76. The van der Waals surface area contributed by atoms with Gasteiger partial charge in [0.15, 0.2) is 0 Å². The van der Waals surface area contributed by atoms with Crippen LogP contribution < -0.4 is 5.32 Å². The van der Waals surface area contributed by atoms with E-state index in [0.29, 0.717) is 44.3 Å². The minimum absolute atomic E-state index is 0.0115. The van der Waals surface area contributed by atoms with Crippen LogP contribution in [-0.2, 0) is 11.2 Å². The number of nitrogens with zero attached hydrogens (tertiary/aromatic N) is 4. The summed E-state index contributed by atoms with van der Waals surface area (Å²) in [6.45, 7) is 4.48. The minimum atomic E-state index is 0.0115. The molecule has 0 atom stereocenters. The summed E-state index contributed by atoms with van der Waals surface area (Å²) in [5.41, 5.74) is 3.91. The Balaban J connectivity index is 1.18. The number of nitrogens with one attached hydrogen (secondary N) is 1. The van der Waals surface area contributed by atoms with Crippen molar-refractivity contribution in [3.63, 3.8) is 0 Å². The molecule has 0 bridgehead atoms. The fourth-order valence-corrected chi connectivity index (χ4v) is 4.84. The number of aromatic nitrogens is 2. The standard InChI is InChI=1S/C26H31N5O3/c32-25(29-14-16-34-17-15-29)23-19-28-31-13-9-22(18-24(23)31)21-7-11-30(12-8-21)26(33)27-10-6-20-4-2-1-3-5-20/h1-5,9,13,18-19,21H,6-8,10-12,14-17H2,(H,27,33). The molecule has 1 aromatic carbocycles. The van der Waals surface area contributed by atoms with E-state index >= 15 is 0 Å². The predicted molar refractivity (Wildman–Crippen MR) is 129 cm³/mol. The van der Waals surface area contributed by atoms with Crippen LogP contribution in [0.4, 0.5) is 4.79 Å². The number of hydrogen-bond donors (Lipinski definition) is 1. The second-order valence-electron chi connectivity index (χ2n) is 8.98. The molecule has 8 heteroatoms. The molecule has 1 N–H and O–H groups in total.